The van der Waals surface area contributed by atoms with Crippen molar-refractivity contribution in [1.29, 1.82) is 0 Å². The first-order valence-electron chi connectivity index (χ1n) is 5.52. The Bertz CT molecular complexity index is 380. The van der Waals surface area contributed by atoms with E-state index in [0.29, 0.717) is 5.95 Å². The normalized spacial score (nSPS) is 25.4. The standard InChI is InChI=1S/C10H17N5O/c1-10(5-3-4-6-12-10)8(16)14-9-11-7-13-15(9)2/h7,12H,3-6H2,1-2H3,(H,11,13,14,16). The van der Waals surface area contributed by atoms with Crippen molar-refractivity contribution >= 4 is 11.9 Å². The molecular formula is C10H17N5O. The maximum Gasteiger partial charge on any atom is 0.246 e. The number of nitrogens with one attached hydrogen (secondary N) is 2. The van der Waals surface area contributed by atoms with Gasteiger partial charge >= 0.3 is 0 Å². The van der Waals surface area contributed by atoms with E-state index >= 15 is 0 Å². The fourth-order valence-electron chi connectivity index (χ4n) is 1.90. The van der Waals surface area contributed by atoms with Gasteiger partial charge in [0.15, 0.2) is 0 Å². The summed E-state index contributed by atoms with van der Waals surface area (Å²) in [6, 6.07) is 0. The highest BCUT2D eigenvalue weighted by molar-refractivity contribution is 5.96. The van der Waals surface area contributed by atoms with E-state index in [1.807, 2.05) is 6.92 Å². The summed E-state index contributed by atoms with van der Waals surface area (Å²) in [5.74, 6) is 0.446. The van der Waals surface area contributed by atoms with Crippen molar-refractivity contribution in [3.05, 3.63) is 6.33 Å². The lowest BCUT2D eigenvalue weighted by atomic mass is 9.90. The van der Waals surface area contributed by atoms with Crippen LogP contribution in [-0.4, -0.2) is 32.8 Å². The molecule has 1 aliphatic rings. The highest BCUT2D eigenvalue weighted by atomic mass is 16.2. The smallest absolute Gasteiger partial charge is 0.246 e. The van der Waals surface area contributed by atoms with Crippen LogP contribution in [0.4, 0.5) is 5.95 Å². The number of carbonyl (C=O) groups excluding carboxylic acids is 1. The van der Waals surface area contributed by atoms with E-state index in [1.54, 1.807) is 11.7 Å². The minimum atomic E-state index is -0.482. The molecule has 1 aromatic rings. The average molecular weight is 223 g/mol. The van der Waals surface area contributed by atoms with Gasteiger partial charge in [0.05, 0.1) is 5.54 Å². The molecule has 0 bridgehead atoms. The van der Waals surface area contributed by atoms with Gasteiger partial charge in [0, 0.05) is 7.05 Å². The van der Waals surface area contributed by atoms with Crippen molar-refractivity contribution in [3.63, 3.8) is 0 Å². The molecule has 1 aliphatic heterocycles. The molecule has 1 amide bonds. The van der Waals surface area contributed by atoms with Crippen LogP contribution in [0.2, 0.25) is 0 Å². The molecule has 6 nitrogen and oxygen atoms in total. The Labute approximate surface area is 94.4 Å². The van der Waals surface area contributed by atoms with Crippen LogP contribution in [0.3, 0.4) is 0 Å². The molecule has 2 N–H and O–H groups in total. The zero-order valence-corrected chi connectivity index (χ0v) is 9.66. The van der Waals surface area contributed by atoms with Gasteiger partial charge in [-0.2, -0.15) is 10.1 Å². The first-order chi connectivity index (χ1) is 7.62. The lowest BCUT2D eigenvalue weighted by Crippen LogP contribution is -2.54. The van der Waals surface area contributed by atoms with Crippen molar-refractivity contribution in [2.75, 3.05) is 11.9 Å². The number of carbonyl (C=O) groups is 1. The Morgan fingerprint density at radius 2 is 2.44 bits per heavy atom. The maximum absolute atomic E-state index is 12.1. The minimum absolute atomic E-state index is 0.0386. The Balaban J connectivity index is 2.05. The lowest BCUT2D eigenvalue weighted by molar-refractivity contribution is -0.122. The van der Waals surface area contributed by atoms with Crippen LogP contribution in [-0.2, 0) is 11.8 Å². The van der Waals surface area contributed by atoms with Crippen molar-refractivity contribution in [2.24, 2.45) is 7.05 Å². The van der Waals surface area contributed by atoms with Gasteiger partial charge in [-0.15, -0.1) is 0 Å². The van der Waals surface area contributed by atoms with Gasteiger partial charge in [-0.1, -0.05) is 0 Å². The van der Waals surface area contributed by atoms with Crippen LogP contribution in [0, 0.1) is 0 Å². The third-order valence-corrected chi connectivity index (χ3v) is 3.06. The second-order valence-electron chi connectivity index (χ2n) is 4.38. The van der Waals surface area contributed by atoms with Gasteiger partial charge in [0.1, 0.15) is 6.33 Å². The lowest BCUT2D eigenvalue weighted by Gasteiger charge is -2.33. The molecular weight excluding hydrogens is 206 g/mol. The van der Waals surface area contributed by atoms with Crippen molar-refractivity contribution < 1.29 is 4.79 Å². The first-order valence-corrected chi connectivity index (χ1v) is 5.52. The number of rotatable bonds is 2. The highest BCUT2D eigenvalue weighted by Crippen LogP contribution is 2.20. The molecule has 2 rings (SSSR count). The third-order valence-electron chi connectivity index (χ3n) is 3.06. The Morgan fingerprint density at radius 1 is 1.62 bits per heavy atom. The van der Waals surface area contributed by atoms with Crippen LogP contribution in [0.25, 0.3) is 0 Å². The number of aryl methyl sites for hydroxylation is 1. The number of anilines is 1. The van der Waals surface area contributed by atoms with Crippen molar-refractivity contribution in [3.8, 4) is 0 Å². The zero-order chi connectivity index (χ0) is 11.6. The molecule has 1 saturated heterocycles. The molecule has 0 aromatic carbocycles. The molecule has 2 heterocycles. The summed E-state index contributed by atoms with van der Waals surface area (Å²) in [5, 5.41) is 9.95. The van der Waals surface area contributed by atoms with Crippen LogP contribution < -0.4 is 10.6 Å². The summed E-state index contributed by atoms with van der Waals surface area (Å²) in [7, 11) is 1.75. The van der Waals surface area contributed by atoms with Gasteiger partial charge < -0.3 is 5.32 Å². The minimum Gasteiger partial charge on any atom is -0.304 e. The Morgan fingerprint density at radius 3 is 3.00 bits per heavy atom. The summed E-state index contributed by atoms with van der Waals surface area (Å²) in [6.07, 6.45) is 4.49. The van der Waals surface area contributed by atoms with Crippen molar-refractivity contribution in [1.82, 2.24) is 20.1 Å². The monoisotopic (exact) mass is 223 g/mol. The number of amides is 1. The SMILES string of the molecule is Cn1ncnc1NC(=O)C1(C)CCCCN1. The summed E-state index contributed by atoms with van der Waals surface area (Å²) >= 11 is 0. The van der Waals surface area contributed by atoms with Gasteiger partial charge in [-0.3, -0.25) is 10.1 Å². The van der Waals surface area contributed by atoms with Crippen LogP contribution in [0.5, 0.6) is 0 Å². The molecule has 1 atom stereocenters. The molecule has 1 aromatic heterocycles. The third kappa shape index (κ3) is 2.06. The topological polar surface area (TPSA) is 71.8 Å². The molecule has 6 heteroatoms. The Kier molecular flexibility index (Phi) is 2.91. The fourth-order valence-corrected chi connectivity index (χ4v) is 1.90. The molecule has 0 spiro atoms. The van der Waals surface area contributed by atoms with E-state index in [0.717, 1.165) is 25.8 Å². The second-order valence-corrected chi connectivity index (χ2v) is 4.38. The number of aromatic nitrogens is 3. The van der Waals surface area contributed by atoms with Gasteiger partial charge in [-0.05, 0) is 32.7 Å². The molecule has 88 valence electrons. The molecule has 0 radical (unpaired) electrons. The molecule has 1 unspecified atom stereocenters. The Hall–Kier alpha value is -1.43. The van der Waals surface area contributed by atoms with E-state index in [-0.39, 0.29) is 5.91 Å². The predicted octanol–water partition coefficient (Wildman–Crippen LogP) is 0.286. The largest absolute Gasteiger partial charge is 0.304 e. The van der Waals surface area contributed by atoms with E-state index in [9.17, 15) is 4.79 Å². The first kappa shape index (κ1) is 11.1. The number of hydrogen-bond acceptors (Lipinski definition) is 4. The number of nitrogens with zero attached hydrogens (tertiary/aromatic N) is 3. The molecule has 1 fully saturated rings. The fraction of sp³-hybridized carbons (Fsp3) is 0.700. The summed E-state index contributed by atoms with van der Waals surface area (Å²) in [6.45, 7) is 2.82. The van der Waals surface area contributed by atoms with E-state index in [1.165, 1.54) is 6.33 Å². The van der Waals surface area contributed by atoms with E-state index < -0.39 is 5.54 Å². The highest BCUT2D eigenvalue weighted by Gasteiger charge is 2.34. The maximum atomic E-state index is 12.1. The predicted molar refractivity (Wildman–Crippen MR) is 59.9 cm³/mol. The summed E-state index contributed by atoms with van der Waals surface area (Å²) in [5.41, 5.74) is -0.482. The number of hydrogen-bond donors (Lipinski definition) is 2. The quantitative estimate of drug-likeness (QED) is 0.755. The van der Waals surface area contributed by atoms with Gasteiger partial charge in [0.2, 0.25) is 11.9 Å². The van der Waals surface area contributed by atoms with E-state index in [4.69, 9.17) is 0 Å². The van der Waals surface area contributed by atoms with Crippen molar-refractivity contribution in [2.45, 2.75) is 31.7 Å². The van der Waals surface area contributed by atoms with Gasteiger partial charge in [-0.25, -0.2) is 4.68 Å². The average Bonchev–Trinajstić information content (AvgIpc) is 2.65. The zero-order valence-electron chi connectivity index (χ0n) is 9.66. The van der Waals surface area contributed by atoms with Crippen LogP contribution in [0.1, 0.15) is 26.2 Å². The van der Waals surface area contributed by atoms with Gasteiger partial charge in [0.25, 0.3) is 0 Å². The second kappa shape index (κ2) is 4.21. The van der Waals surface area contributed by atoms with E-state index in [2.05, 4.69) is 20.7 Å². The summed E-state index contributed by atoms with van der Waals surface area (Å²) < 4.78 is 1.55. The molecule has 0 saturated carbocycles. The molecule has 16 heavy (non-hydrogen) atoms. The van der Waals surface area contributed by atoms with Crippen LogP contribution in [0.15, 0.2) is 6.33 Å². The molecule has 0 aliphatic carbocycles. The summed E-state index contributed by atoms with van der Waals surface area (Å²) in [4.78, 5) is 16.1. The van der Waals surface area contributed by atoms with Crippen LogP contribution >= 0.6 is 0 Å². The number of piperidine rings is 1.